The minimum atomic E-state index is 0.796. The van der Waals surface area contributed by atoms with Crippen molar-refractivity contribution >= 4 is 0 Å². The zero-order chi connectivity index (χ0) is 9.99. The van der Waals surface area contributed by atoms with Crippen LogP contribution in [-0.2, 0) is 0 Å². The van der Waals surface area contributed by atoms with E-state index >= 15 is 0 Å². The van der Waals surface area contributed by atoms with Gasteiger partial charge in [-0.25, -0.2) is 0 Å². The van der Waals surface area contributed by atoms with Crippen LogP contribution in [-0.4, -0.2) is 64.3 Å². The molecule has 0 aliphatic heterocycles. The van der Waals surface area contributed by atoms with Gasteiger partial charge in [0.15, 0.2) is 0 Å². The Kier molecular flexibility index (Phi) is 3.73. The Bertz CT molecular complexity index is 112. The molecule has 0 atom stereocenters. The van der Waals surface area contributed by atoms with Crippen LogP contribution in [0.3, 0.4) is 0 Å². The Labute approximate surface area is 78.0 Å². The highest BCUT2D eigenvalue weighted by Gasteiger charge is 2.19. The fourth-order valence-corrected chi connectivity index (χ4v) is 1.93. The highest BCUT2D eigenvalue weighted by atomic mass is 15.3. The van der Waals surface area contributed by atoms with Gasteiger partial charge in [0.1, 0.15) is 0 Å². The van der Waals surface area contributed by atoms with Crippen molar-refractivity contribution in [2.75, 3.05) is 55.4 Å². The van der Waals surface area contributed by atoms with Gasteiger partial charge in [0.05, 0.1) is 61.3 Å². The average molecular weight is 174 g/mol. The van der Waals surface area contributed by atoms with Crippen molar-refractivity contribution in [3.05, 3.63) is 0 Å². The number of nitrogens with zero attached hydrogens (tertiary/aromatic N) is 2. The first kappa shape index (κ1) is 11.9. The zero-order valence-corrected chi connectivity index (χ0v) is 9.89. The molecule has 0 fully saturated rings. The Morgan fingerprint density at radius 2 is 1.00 bits per heavy atom. The lowest BCUT2D eigenvalue weighted by atomic mass is 10.1. The number of rotatable bonds is 4. The first-order chi connectivity index (χ1) is 5.10. The van der Waals surface area contributed by atoms with Crippen LogP contribution in [0.2, 0.25) is 0 Å². The maximum absolute atomic E-state index is 2.34. The second kappa shape index (κ2) is 3.75. The van der Waals surface area contributed by atoms with Gasteiger partial charge in [0, 0.05) is 0 Å². The fraction of sp³-hybridized carbons (Fsp3) is 1.00. The van der Waals surface area contributed by atoms with E-state index in [0.29, 0.717) is 0 Å². The van der Waals surface area contributed by atoms with Crippen molar-refractivity contribution in [1.29, 1.82) is 0 Å². The molecular formula is C10H26N2+2. The standard InChI is InChI=1S/C10H26N2/c1-10(8-11(2,3)4)9-12(5,6)7/h10H,8-9H2,1-7H3/q+2. The normalized spacial score (nSPS) is 14.0. The summed E-state index contributed by atoms with van der Waals surface area (Å²) < 4.78 is 2.14. The predicted octanol–water partition coefficient (Wildman–Crippen LogP) is 1.03. The van der Waals surface area contributed by atoms with Gasteiger partial charge in [-0.15, -0.1) is 0 Å². The molecule has 0 aliphatic rings. The van der Waals surface area contributed by atoms with Crippen LogP contribution in [0, 0.1) is 5.92 Å². The van der Waals surface area contributed by atoms with Crippen LogP contribution < -0.4 is 0 Å². The third-order valence-corrected chi connectivity index (χ3v) is 1.72. The van der Waals surface area contributed by atoms with Crippen LogP contribution in [0.1, 0.15) is 6.92 Å². The van der Waals surface area contributed by atoms with E-state index in [4.69, 9.17) is 0 Å². The van der Waals surface area contributed by atoms with E-state index in [2.05, 4.69) is 49.2 Å². The lowest BCUT2D eigenvalue weighted by Gasteiger charge is -2.32. The molecule has 0 amide bonds. The number of hydrogen-bond acceptors (Lipinski definition) is 0. The monoisotopic (exact) mass is 174 g/mol. The maximum Gasteiger partial charge on any atom is 0.0860 e. The predicted molar refractivity (Wildman–Crippen MR) is 55.0 cm³/mol. The quantitative estimate of drug-likeness (QED) is 0.559. The molecule has 2 nitrogen and oxygen atoms in total. The molecule has 12 heavy (non-hydrogen) atoms. The van der Waals surface area contributed by atoms with Crippen LogP contribution >= 0.6 is 0 Å². The molecule has 0 rings (SSSR count). The van der Waals surface area contributed by atoms with Crippen molar-refractivity contribution in [1.82, 2.24) is 0 Å². The van der Waals surface area contributed by atoms with E-state index < -0.39 is 0 Å². The Morgan fingerprint density at radius 1 is 0.750 bits per heavy atom. The summed E-state index contributed by atoms with van der Waals surface area (Å²) in [5.41, 5.74) is 0. The van der Waals surface area contributed by atoms with Gasteiger partial charge in [-0.2, -0.15) is 0 Å². The van der Waals surface area contributed by atoms with E-state index in [9.17, 15) is 0 Å². The summed E-state index contributed by atoms with van der Waals surface area (Å²) in [6, 6.07) is 0. The van der Waals surface area contributed by atoms with E-state index in [1.807, 2.05) is 0 Å². The molecule has 0 N–H and O–H groups in total. The first-order valence-corrected chi connectivity index (χ1v) is 4.71. The van der Waals surface area contributed by atoms with Gasteiger partial charge in [0.25, 0.3) is 0 Å². The molecule has 0 spiro atoms. The number of quaternary nitrogens is 2. The molecule has 0 saturated carbocycles. The Morgan fingerprint density at radius 3 is 1.17 bits per heavy atom. The lowest BCUT2D eigenvalue weighted by Crippen LogP contribution is -2.45. The van der Waals surface area contributed by atoms with Gasteiger partial charge in [-0.05, 0) is 0 Å². The molecule has 0 unspecified atom stereocenters. The summed E-state index contributed by atoms with van der Waals surface area (Å²) in [4.78, 5) is 0. The molecule has 0 aromatic heterocycles. The molecule has 0 heterocycles. The Balaban J connectivity index is 3.83. The van der Waals surface area contributed by atoms with Crippen LogP contribution in [0.4, 0.5) is 0 Å². The SMILES string of the molecule is CC(C[N+](C)(C)C)C[N+](C)(C)C. The van der Waals surface area contributed by atoms with Gasteiger partial charge < -0.3 is 8.97 Å². The van der Waals surface area contributed by atoms with Crippen LogP contribution in [0.15, 0.2) is 0 Å². The van der Waals surface area contributed by atoms with Crippen molar-refractivity contribution in [2.24, 2.45) is 5.92 Å². The van der Waals surface area contributed by atoms with Gasteiger partial charge in [-0.3, -0.25) is 0 Å². The van der Waals surface area contributed by atoms with Gasteiger partial charge >= 0.3 is 0 Å². The first-order valence-electron chi connectivity index (χ1n) is 4.71. The molecule has 0 radical (unpaired) electrons. The van der Waals surface area contributed by atoms with Gasteiger partial charge in [0.2, 0.25) is 0 Å². The summed E-state index contributed by atoms with van der Waals surface area (Å²) in [5, 5.41) is 0. The van der Waals surface area contributed by atoms with Crippen molar-refractivity contribution < 1.29 is 8.97 Å². The third kappa shape index (κ3) is 8.02. The lowest BCUT2D eigenvalue weighted by molar-refractivity contribution is -0.895. The molecule has 0 aromatic carbocycles. The second-order valence-corrected chi connectivity index (χ2v) is 6.05. The second-order valence-electron chi connectivity index (χ2n) is 6.05. The van der Waals surface area contributed by atoms with E-state index in [0.717, 1.165) is 14.9 Å². The van der Waals surface area contributed by atoms with Crippen molar-refractivity contribution in [3.63, 3.8) is 0 Å². The summed E-state index contributed by atoms with van der Waals surface area (Å²) in [6.07, 6.45) is 0. The van der Waals surface area contributed by atoms with E-state index in [1.165, 1.54) is 13.1 Å². The summed E-state index contributed by atoms with van der Waals surface area (Å²) >= 11 is 0. The molecular weight excluding hydrogens is 148 g/mol. The molecule has 0 bridgehead atoms. The van der Waals surface area contributed by atoms with Crippen LogP contribution in [0.5, 0.6) is 0 Å². The van der Waals surface area contributed by atoms with E-state index in [-0.39, 0.29) is 0 Å². The summed E-state index contributed by atoms with van der Waals surface area (Å²) in [7, 11) is 13.5. The van der Waals surface area contributed by atoms with Crippen molar-refractivity contribution in [2.45, 2.75) is 6.92 Å². The topological polar surface area (TPSA) is 0 Å². The molecule has 2 heteroatoms. The largest absolute Gasteiger partial charge is 0.331 e. The smallest absolute Gasteiger partial charge is 0.0860 e. The molecule has 0 aliphatic carbocycles. The third-order valence-electron chi connectivity index (χ3n) is 1.72. The number of hydrogen-bond donors (Lipinski definition) is 0. The zero-order valence-electron chi connectivity index (χ0n) is 9.89. The van der Waals surface area contributed by atoms with E-state index in [1.54, 1.807) is 0 Å². The van der Waals surface area contributed by atoms with Gasteiger partial charge in [-0.1, -0.05) is 6.92 Å². The minimum Gasteiger partial charge on any atom is -0.331 e. The minimum absolute atomic E-state index is 0.796. The van der Waals surface area contributed by atoms with Crippen molar-refractivity contribution in [3.8, 4) is 0 Å². The average Bonchev–Trinajstić information content (AvgIpc) is 1.49. The van der Waals surface area contributed by atoms with Crippen LogP contribution in [0.25, 0.3) is 0 Å². The fourth-order valence-electron chi connectivity index (χ4n) is 1.93. The molecule has 74 valence electrons. The maximum atomic E-state index is 2.34. The highest BCUT2D eigenvalue weighted by Crippen LogP contribution is 2.06. The molecule has 0 saturated heterocycles. The molecule has 0 aromatic rings. The summed E-state index contributed by atoms with van der Waals surface area (Å²) in [5.74, 6) is 0.796. The highest BCUT2D eigenvalue weighted by molar-refractivity contribution is 4.47. The Hall–Kier alpha value is -0.0800. The summed E-state index contributed by atoms with van der Waals surface area (Å²) in [6.45, 7) is 4.86.